The van der Waals surface area contributed by atoms with E-state index < -0.39 is 12.0 Å². The minimum atomic E-state index is -0.748. The molecule has 0 spiro atoms. The van der Waals surface area contributed by atoms with E-state index >= 15 is 0 Å². The number of carbonyl (C=O) groups excluding carboxylic acids is 2. The molecule has 9 nitrogen and oxygen atoms in total. The second-order valence-corrected chi connectivity index (χ2v) is 15.4. The first-order valence-corrected chi connectivity index (χ1v) is 17.6. The summed E-state index contributed by atoms with van der Waals surface area (Å²) in [6.45, 7) is 13.7. The molecule has 44 heavy (non-hydrogen) atoms. The third-order valence-electron chi connectivity index (χ3n) is 13.7. The van der Waals surface area contributed by atoms with Gasteiger partial charge in [0.25, 0.3) is 0 Å². The molecule has 0 aromatic carbocycles. The Balaban J connectivity index is 1.38. The first kappa shape index (κ1) is 32.4. The summed E-state index contributed by atoms with van der Waals surface area (Å²) in [5.74, 6) is 1.31. The minimum absolute atomic E-state index is 0.00273. The van der Waals surface area contributed by atoms with Crippen LogP contribution in [-0.2, 0) is 19.1 Å². The number of methoxy groups -OCH3 is 2. The molecule has 0 aromatic heterocycles. The number of ether oxygens (including phenoxy) is 2. The average molecular weight is 615 g/mol. The molecule has 6 rings (SSSR count). The summed E-state index contributed by atoms with van der Waals surface area (Å²) in [6.07, 6.45) is 7.61. The summed E-state index contributed by atoms with van der Waals surface area (Å²) in [4.78, 5) is 25.7. The molecule has 5 saturated heterocycles. The predicted octanol–water partition coefficient (Wildman–Crippen LogP) is 2.62. The van der Waals surface area contributed by atoms with Crippen LogP contribution in [0.25, 0.3) is 0 Å². The molecular formula is C35H58N4O5. The van der Waals surface area contributed by atoms with E-state index in [1.54, 1.807) is 0 Å². The Hall–Kier alpha value is -1.52. The summed E-state index contributed by atoms with van der Waals surface area (Å²) in [7, 11) is 2.88. The highest BCUT2D eigenvalue weighted by atomic mass is 16.5. The molecule has 8 bridgehead atoms. The van der Waals surface area contributed by atoms with Crippen molar-refractivity contribution in [3.8, 4) is 0 Å². The highest BCUT2D eigenvalue weighted by Gasteiger charge is 2.62. The topological polar surface area (TPSA) is 121 Å². The molecule has 6 aliphatic rings. The van der Waals surface area contributed by atoms with Gasteiger partial charge in [0.2, 0.25) is 0 Å². The molecule has 1 aliphatic carbocycles. The quantitative estimate of drug-likeness (QED) is 0.227. The molecular weight excluding hydrogens is 556 g/mol. The van der Waals surface area contributed by atoms with Gasteiger partial charge in [0.15, 0.2) is 0 Å². The molecule has 5 N–H and O–H groups in total. The number of hydrogen-bond donors (Lipinski definition) is 5. The van der Waals surface area contributed by atoms with Gasteiger partial charge in [-0.2, -0.15) is 0 Å². The highest BCUT2D eigenvalue weighted by molar-refractivity contribution is 5.74. The van der Waals surface area contributed by atoms with Crippen molar-refractivity contribution in [3.63, 3.8) is 0 Å². The van der Waals surface area contributed by atoms with Gasteiger partial charge in [-0.15, -0.1) is 6.58 Å². The van der Waals surface area contributed by atoms with Gasteiger partial charge >= 0.3 is 11.9 Å². The molecule has 1 saturated carbocycles. The van der Waals surface area contributed by atoms with E-state index in [0.717, 1.165) is 32.1 Å². The maximum absolute atomic E-state index is 13.4. The van der Waals surface area contributed by atoms with E-state index in [9.17, 15) is 14.7 Å². The van der Waals surface area contributed by atoms with Crippen LogP contribution in [0.1, 0.15) is 72.6 Å². The SMILES string of the molecule is C=CC1C2CC3NC(CC4CC5C(O)C(C(=O)OC)C(C6NC(CC(N2)C1C)C(C)C6CCC(=O)OC)C5N4)C(CC)C3C. The number of fused-ring (bicyclic) bond motifs is 8. The lowest BCUT2D eigenvalue weighted by Crippen LogP contribution is -2.51. The molecule has 18 atom stereocenters. The highest BCUT2D eigenvalue weighted by Crippen LogP contribution is 2.51. The summed E-state index contributed by atoms with van der Waals surface area (Å²) in [5, 5.41) is 28.0. The number of aliphatic hydroxyl groups is 1. The summed E-state index contributed by atoms with van der Waals surface area (Å²) in [5.41, 5.74) is 0. The maximum atomic E-state index is 13.4. The van der Waals surface area contributed by atoms with E-state index in [1.807, 2.05) is 0 Å². The van der Waals surface area contributed by atoms with Gasteiger partial charge in [-0.3, -0.25) is 9.59 Å². The van der Waals surface area contributed by atoms with Crippen LogP contribution in [0.5, 0.6) is 0 Å². The first-order chi connectivity index (χ1) is 21.1. The fourth-order valence-electron chi connectivity index (χ4n) is 11.4. The molecule has 0 radical (unpaired) electrons. The standard InChI is InChI=1S/C35H58N4O5/c1-8-20-16(3)25-15-28-21(9-2)17(4)24(38-28)14-26-18(5)22(10-11-29(40)43-6)32(39-26)30-31(35(42)44-7)34(41)23-12-19(36-33(23)30)13-27(20)37-25/h9,16-28,30-34,36-39,41H,2,8,10-15H2,1,3-7H3. The molecule has 18 unspecified atom stereocenters. The first-order valence-electron chi connectivity index (χ1n) is 17.6. The van der Waals surface area contributed by atoms with Crippen LogP contribution in [0.4, 0.5) is 0 Å². The molecule has 0 amide bonds. The van der Waals surface area contributed by atoms with Crippen molar-refractivity contribution in [3.05, 3.63) is 12.7 Å². The van der Waals surface area contributed by atoms with Crippen molar-refractivity contribution >= 4 is 11.9 Å². The van der Waals surface area contributed by atoms with Crippen LogP contribution in [0.15, 0.2) is 12.7 Å². The normalized spacial score (nSPS) is 51.3. The zero-order valence-corrected chi connectivity index (χ0v) is 27.7. The van der Waals surface area contributed by atoms with Crippen LogP contribution in [-0.4, -0.2) is 85.7 Å². The maximum Gasteiger partial charge on any atom is 0.311 e. The Morgan fingerprint density at radius 3 is 2.16 bits per heavy atom. The van der Waals surface area contributed by atoms with E-state index in [0.29, 0.717) is 66.6 Å². The second kappa shape index (κ2) is 12.9. The Bertz CT molecular complexity index is 1070. The summed E-state index contributed by atoms with van der Waals surface area (Å²) < 4.78 is 10.4. The van der Waals surface area contributed by atoms with Crippen LogP contribution in [0, 0.1) is 53.3 Å². The zero-order chi connectivity index (χ0) is 31.4. The van der Waals surface area contributed by atoms with Crippen molar-refractivity contribution in [1.29, 1.82) is 0 Å². The third kappa shape index (κ3) is 5.46. The number of nitrogens with one attached hydrogen (secondary N) is 4. The number of carbonyl (C=O) groups is 2. The van der Waals surface area contributed by atoms with Gasteiger partial charge in [-0.25, -0.2) is 0 Å². The largest absolute Gasteiger partial charge is 0.469 e. The van der Waals surface area contributed by atoms with Crippen LogP contribution in [0.3, 0.4) is 0 Å². The molecule has 9 heteroatoms. The summed E-state index contributed by atoms with van der Waals surface area (Å²) in [6, 6.07) is 2.13. The van der Waals surface area contributed by atoms with Crippen molar-refractivity contribution < 1.29 is 24.2 Å². The Morgan fingerprint density at radius 1 is 0.818 bits per heavy atom. The van der Waals surface area contributed by atoms with E-state index in [1.165, 1.54) is 14.2 Å². The monoisotopic (exact) mass is 614 g/mol. The van der Waals surface area contributed by atoms with Crippen molar-refractivity contribution in [2.24, 2.45) is 53.3 Å². The van der Waals surface area contributed by atoms with Crippen LogP contribution in [0.2, 0.25) is 0 Å². The third-order valence-corrected chi connectivity index (χ3v) is 13.7. The zero-order valence-electron chi connectivity index (χ0n) is 27.7. The van der Waals surface area contributed by atoms with Gasteiger partial charge in [0.05, 0.1) is 26.2 Å². The average Bonchev–Trinajstić information content (AvgIpc) is 3.77. The van der Waals surface area contributed by atoms with E-state index in [2.05, 4.69) is 61.6 Å². The van der Waals surface area contributed by atoms with Gasteiger partial charge in [-0.1, -0.05) is 40.2 Å². The Kier molecular flexibility index (Phi) is 9.53. The van der Waals surface area contributed by atoms with Crippen molar-refractivity contribution in [2.75, 3.05) is 14.2 Å². The molecule has 6 fully saturated rings. The van der Waals surface area contributed by atoms with Crippen molar-refractivity contribution in [2.45, 2.75) is 127 Å². The number of esters is 2. The van der Waals surface area contributed by atoms with Crippen LogP contribution >= 0.6 is 0 Å². The fraction of sp³-hybridized carbons (Fsp3) is 0.886. The van der Waals surface area contributed by atoms with Gasteiger partial charge in [-0.05, 0) is 67.6 Å². The predicted molar refractivity (Wildman–Crippen MR) is 170 cm³/mol. The molecule has 0 aromatic rings. The van der Waals surface area contributed by atoms with E-state index in [-0.39, 0.29) is 53.9 Å². The number of aliphatic hydroxyl groups excluding tert-OH is 1. The van der Waals surface area contributed by atoms with Gasteiger partial charge in [0.1, 0.15) is 0 Å². The minimum Gasteiger partial charge on any atom is -0.469 e. The summed E-state index contributed by atoms with van der Waals surface area (Å²) >= 11 is 0. The van der Waals surface area contributed by atoms with Gasteiger partial charge < -0.3 is 35.8 Å². The van der Waals surface area contributed by atoms with Crippen LogP contribution < -0.4 is 21.3 Å². The number of rotatable bonds is 6. The second-order valence-electron chi connectivity index (χ2n) is 15.4. The van der Waals surface area contributed by atoms with Gasteiger partial charge in [0, 0.05) is 66.6 Å². The smallest absolute Gasteiger partial charge is 0.311 e. The fourth-order valence-corrected chi connectivity index (χ4v) is 11.4. The van der Waals surface area contributed by atoms with Crippen molar-refractivity contribution in [1.82, 2.24) is 21.3 Å². The lowest BCUT2D eigenvalue weighted by molar-refractivity contribution is -0.151. The lowest BCUT2D eigenvalue weighted by Gasteiger charge is -2.35. The van der Waals surface area contributed by atoms with E-state index in [4.69, 9.17) is 9.47 Å². The molecule has 248 valence electrons. The Labute approximate surface area is 264 Å². The Morgan fingerprint density at radius 2 is 1.48 bits per heavy atom. The molecule has 5 heterocycles. The lowest BCUT2D eigenvalue weighted by atomic mass is 9.75. The number of hydrogen-bond acceptors (Lipinski definition) is 9. The molecule has 5 aliphatic heterocycles.